The Morgan fingerprint density at radius 3 is 2.44 bits per heavy atom. The predicted molar refractivity (Wildman–Crippen MR) is 63.0 cm³/mol. The van der Waals surface area contributed by atoms with Crippen molar-refractivity contribution in [2.75, 3.05) is 19.5 Å². The summed E-state index contributed by atoms with van der Waals surface area (Å²) in [6.07, 6.45) is 0. The van der Waals surface area contributed by atoms with E-state index in [2.05, 4.69) is 5.32 Å². The van der Waals surface area contributed by atoms with Crippen molar-refractivity contribution in [1.82, 2.24) is 0 Å². The summed E-state index contributed by atoms with van der Waals surface area (Å²) >= 11 is 0. The molecule has 0 heterocycles. The van der Waals surface area contributed by atoms with Gasteiger partial charge < -0.3 is 14.8 Å². The van der Waals surface area contributed by atoms with Gasteiger partial charge in [0.15, 0.2) is 0 Å². The maximum Gasteiger partial charge on any atom is 0.227 e. The zero-order chi connectivity index (χ0) is 12.1. The van der Waals surface area contributed by atoms with Gasteiger partial charge in [-0.1, -0.05) is 13.8 Å². The number of carbonyl (C=O) groups is 1. The Balaban J connectivity index is 2.95. The average molecular weight is 223 g/mol. The number of benzene rings is 1. The Morgan fingerprint density at radius 2 is 1.94 bits per heavy atom. The fourth-order valence-corrected chi connectivity index (χ4v) is 1.19. The molecule has 0 aliphatic heterocycles. The first-order valence-electron chi connectivity index (χ1n) is 5.11. The molecule has 1 aromatic carbocycles. The molecule has 0 spiro atoms. The first-order valence-corrected chi connectivity index (χ1v) is 5.11. The van der Waals surface area contributed by atoms with Gasteiger partial charge in [0, 0.05) is 12.0 Å². The van der Waals surface area contributed by atoms with Crippen LogP contribution in [0.5, 0.6) is 11.5 Å². The predicted octanol–water partition coefficient (Wildman–Crippen LogP) is 2.30. The molecular formula is C12H17NO3. The van der Waals surface area contributed by atoms with Gasteiger partial charge in [-0.15, -0.1) is 0 Å². The standard InChI is InChI=1S/C12H17NO3/c1-8(2)12(14)13-10-7-9(15-3)5-6-11(10)16-4/h5-8H,1-4H3,(H,13,14). The summed E-state index contributed by atoms with van der Waals surface area (Å²) in [5.41, 5.74) is 0.626. The van der Waals surface area contributed by atoms with Crippen LogP contribution in [0.4, 0.5) is 5.69 Å². The summed E-state index contributed by atoms with van der Waals surface area (Å²) < 4.78 is 10.2. The molecule has 0 aliphatic rings. The van der Waals surface area contributed by atoms with Gasteiger partial charge in [0.05, 0.1) is 19.9 Å². The zero-order valence-corrected chi connectivity index (χ0v) is 10.0. The zero-order valence-electron chi connectivity index (χ0n) is 10.0. The fraction of sp³-hybridized carbons (Fsp3) is 0.417. The molecule has 0 aliphatic carbocycles. The van der Waals surface area contributed by atoms with E-state index in [0.717, 1.165) is 0 Å². The molecule has 0 saturated carbocycles. The van der Waals surface area contributed by atoms with Crippen molar-refractivity contribution in [2.45, 2.75) is 13.8 Å². The number of rotatable bonds is 4. The lowest BCUT2D eigenvalue weighted by Crippen LogP contribution is -2.18. The number of anilines is 1. The quantitative estimate of drug-likeness (QED) is 0.852. The maximum absolute atomic E-state index is 11.6. The summed E-state index contributed by atoms with van der Waals surface area (Å²) in [5, 5.41) is 2.79. The molecule has 0 atom stereocenters. The van der Waals surface area contributed by atoms with Crippen molar-refractivity contribution >= 4 is 11.6 Å². The van der Waals surface area contributed by atoms with Crippen LogP contribution in [0, 0.1) is 5.92 Å². The Bertz CT molecular complexity index is 375. The van der Waals surface area contributed by atoms with Crippen molar-refractivity contribution in [2.24, 2.45) is 5.92 Å². The van der Waals surface area contributed by atoms with Crippen LogP contribution in [0.1, 0.15) is 13.8 Å². The van der Waals surface area contributed by atoms with Crippen LogP contribution in [0.15, 0.2) is 18.2 Å². The van der Waals surface area contributed by atoms with Crippen molar-refractivity contribution < 1.29 is 14.3 Å². The molecule has 0 saturated heterocycles. The highest BCUT2D eigenvalue weighted by Gasteiger charge is 2.11. The molecule has 88 valence electrons. The van der Waals surface area contributed by atoms with Gasteiger partial charge in [0.25, 0.3) is 0 Å². The number of ether oxygens (including phenoxy) is 2. The van der Waals surface area contributed by atoms with Crippen LogP contribution >= 0.6 is 0 Å². The second-order valence-corrected chi connectivity index (χ2v) is 3.71. The van der Waals surface area contributed by atoms with Crippen molar-refractivity contribution in [3.8, 4) is 11.5 Å². The molecule has 4 nitrogen and oxygen atoms in total. The fourth-order valence-electron chi connectivity index (χ4n) is 1.19. The van der Waals surface area contributed by atoms with Crippen molar-refractivity contribution in [1.29, 1.82) is 0 Å². The van der Waals surface area contributed by atoms with E-state index >= 15 is 0 Å². The number of carbonyl (C=O) groups excluding carboxylic acids is 1. The minimum Gasteiger partial charge on any atom is -0.497 e. The molecule has 0 radical (unpaired) electrons. The van der Waals surface area contributed by atoms with Gasteiger partial charge in [-0.25, -0.2) is 0 Å². The van der Waals surface area contributed by atoms with E-state index in [0.29, 0.717) is 17.2 Å². The van der Waals surface area contributed by atoms with E-state index in [4.69, 9.17) is 9.47 Å². The van der Waals surface area contributed by atoms with Crippen LogP contribution in [0.3, 0.4) is 0 Å². The summed E-state index contributed by atoms with van der Waals surface area (Å²) in [7, 11) is 3.14. The number of hydrogen-bond acceptors (Lipinski definition) is 3. The molecule has 4 heteroatoms. The minimum atomic E-state index is -0.0732. The largest absolute Gasteiger partial charge is 0.497 e. The molecule has 1 N–H and O–H groups in total. The van der Waals surface area contributed by atoms with Gasteiger partial charge in [0.1, 0.15) is 11.5 Å². The smallest absolute Gasteiger partial charge is 0.227 e. The lowest BCUT2D eigenvalue weighted by atomic mass is 10.2. The minimum absolute atomic E-state index is 0.0495. The third-order valence-electron chi connectivity index (χ3n) is 2.19. The van der Waals surface area contributed by atoms with E-state index < -0.39 is 0 Å². The summed E-state index contributed by atoms with van der Waals surface area (Å²) in [5.74, 6) is 1.18. The highest BCUT2D eigenvalue weighted by molar-refractivity contribution is 5.93. The van der Waals surface area contributed by atoms with Gasteiger partial charge in [-0.05, 0) is 12.1 Å². The maximum atomic E-state index is 11.6. The van der Waals surface area contributed by atoms with Crippen LogP contribution in [0.25, 0.3) is 0 Å². The molecule has 0 fully saturated rings. The molecule has 1 rings (SSSR count). The number of amides is 1. The SMILES string of the molecule is COc1ccc(OC)c(NC(=O)C(C)C)c1. The van der Waals surface area contributed by atoms with Crippen LogP contribution in [0.2, 0.25) is 0 Å². The first kappa shape index (κ1) is 12.4. The van der Waals surface area contributed by atoms with E-state index in [1.54, 1.807) is 32.4 Å². The van der Waals surface area contributed by atoms with E-state index in [1.807, 2.05) is 13.8 Å². The highest BCUT2D eigenvalue weighted by atomic mass is 16.5. The second-order valence-electron chi connectivity index (χ2n) is 3.71. The molecule has 0 unspecified atom stereocenters. The number of methoxy groups -OCH3 is 2. The number of hydrogen-bond donors (Lipinski definition) is 1. The normalized spacial score (nSPS) is 10.1. The molecule has 1 amide bonds. The Hall–Kier alpha value is -1.71. The van der Waals surface area contributed by atoms with Crippen LogP contribution in [-0.2, 0) is 4.79 Å². The highest BCUT2D eigenvalue weighted by Crippen LogP contribution is 2.29. The average Bonchev–Trinajstić information content (AvgIpc) is 2.28. The topological polar surface area (TPSA) is 47.6 Å². The Morgan fingerprint density at radius 1 is 1.25 bits per heavy atom. The van der Waals surface area contributed by atoms with Crippen LogP contribution in [-0.4, -0.2) is 20.1 Å². The third-order valence-corrected chi connectivity index (χ3v) is 2.19. The molecule has 16 heavy (non-hydrogen) atoms. The Labute approximate surface area is 95.6 Å². The number of nitrogens with one attached hydrogen (secondary N) is 1. The summed E-state index contributed by atoms with van der Waals surface area (Å²) in [6.45, 7) is 3.67. The second kappa shape index (κ2) is 5.39. The van der Waals surface area contributed by atoms with Gasteiger partial charge in [-0.3, -0.25) is 4.79 Å². The van der Waals surface area contributed by atoms with E-state index in [1.165, 1.54) is 0 Å². The van der Waals surface area contributed by atoms with Gasteiger partial charge in [0.2, 0.25) is 5.91 Å². The van der Waals surface area contributed by atoms with Crippen molar-refractivity contribution in [3.63, 3.8) is 0 Å². The molecular weight excluding hydrogens is 206 g/mol. The van der Waals surface area contributed by atoms with E-state index in [-0.39, 0.29) is 11.8 Å². The molecule has 0 bridgehead atoms. The van der Waals surface area contributed by atoms with E-state index in [9.17, 15) is 4.79 Å². The van der Waals surface area contributed by atoms with Crippen LogP contribution < -0.4 is 14.8 Å². The lowest BCUT2D eigenvalue weighted by Gasteiger charge is -2.12. The van der Waals surface area contributed by atoms with Gasteiger partial charge >= 0.3 is 0 Å². The third kappa shape index (κ3) is 2.89. The Kier molecular flexibility index (Phi) is 4.17. The molecule has 0 aromatic heterocycles. The van der Waals surface area contributed by atoms with Crippen molar-refractivity contribution in [3.05, 3.63) is 18.2 Å². The molecule has 1 aromatic rings. The first-order chi connectivity index (χ1) is 7.58. The monoisotopic (exact) mass is 223 g/mol. The summed E-state index contributed by atoms with van der Waals surface area (Å²) in [4.78, 5) is 11.6. The lowest BCUT2D eigenvalue weighted by molar-refractivity contribution is -0.118. The summed E-state index contributed by atoms with van der Waals surface area (Å²) in [6, 6.07) is 5.28. The van der Waals surface area contributed by atoms with Gasteiger partial charge in [-0.2, -0.15) is 0 Å².